The van der Waals surface area contributed by atoms with E-state index >= 15 is 0 Å². The third-order valence-electron chi connectivity index (χ3n) is 20.7. The zero-order chi connectivity index (χ0) is 87.2. The number of pyridine rings is 3. The van der Waals surface area contributed by atoms with Crippen LogP contribution in [0.5, 0.6) is 0 Å². The highest BCUT2D eigenvalue weighted by Crippen LogP contribution is 2.34. The maximum absolute atomic E-state index is 4.98. The molecule has 0 saturated carbocycles. The summed E-state index contributed by atoms with van der Waals surface area (Å²) in [5, 5.41) is 0. The minimum absolute atomic E-state index is 0.546. The smallest absolute Gasteiger partial charge is 0.179 e. The Morgan fingerprint density at radius 2 is 0.325 bits per heavy atom. The summed E-state index contributed by atoms with van der Waals surface area (Å²) in [6.07, 6.45) is 19.7. The van der Waals surface area contributed by atoms with E-state index in [4.69, 9.17) is 34.9 Å². The molecule has 0 saturated heterocycles. The molecule has 11 heterocycles. The monoisotopic (exact) mass is 1640 g/mol. The highest BCUT2D eigenvalue weighted by Gasteiger charge is 2.20. The van der Waals surface area contributed by atoms with Crippen LogP contribution in [-0.4, -0.2) is 99.7 Å². The summed E-state index contributed by atoms with van der Waals surface area (Å²) in [5.74, 6) is 6.28. The van der Waals surface area contributed by atoms with Gasteiger partial charge < -0.3 is 0 Å². The first-order valence-electron chi connectivity index (χ1n) is 41.3. The Labute approximate surface area is 732 Å². The summed E-state index contributed by atoms with van der Waals surface area (Å²) in [7, 11) is 0. The molecule has 0 N–H and O–H groups in total. The van der Waals surface area contributed by atoms with Gasteiger partial charge >= 0.3 is 0 Å². The van der Waals surface area contributed by atoms with E-state index in [1.807, 2.05) is 165 Å². The number of rotatable bonds is 15. The Kier molecular flexibility index (Phi) is 25.3. The molecule has 612 valence electrons. The second kappa shape index (κ2) is 38.2. The summed E-state index contributed by atoms with van der Waals surface area (Å²) in [4.78, 5) is 91.5. The lowest BCUT2D eigenvalue weighted by molar-refractivity contribution is 1.04. The van der Waals surface area contributed by atoms with E-state index < -0.39 is 0 Å². The van der Waals surface area contributed by atoms with Crippen molar-refractivity contribution in [1.29, 1.82) is 0 Å². The Balaban J connectivity index is 0.000000128. The Morgan fingerprint density at radius 1 is 0.119 bits per heavy atom. The van der Waals surface area contributed by atoms with Crippen molar-refractivity contribution in [3.8, 4) is 170 Å². The maximum Gasteiger partial charge on any atom is 0.179 e. The van der Waals surface area contributed by atoms with Gasteiger partial charge in [-0.25, -0.2) is 84.7 Å². The third-order valence-corrected chi connectivity index (χ3v) is 20.7. The van der Waals surface area contributed by atoms with Gasteiger partial charge in [-0.05, 0) is 181 Å². The van der Waals surface area contributed by atoms with Crippen molar-refractivity contribution in [2.24, 2.45) is 0 Å². The average Bonchev–Trinajstić information content (AvgIpc) is 0.804. The number of hydrogen-bond donors (Lipinski definition) is 0. The number of hydrogen-bond acceptors (Lipinski definition) is 20. The number of aryl methyl sites for hydroxylation is 12. The standard InChI is InChI=1S/C42H33N3.C22H19N5.2C21H18N6/c1-28-4-10-31(11-5-28)34-16-22-37(23-17-34)40-43-41(38-24-18-35(19-25-38)32-12-6-29(2)7-13-32)45-42(44-40)39-26-20-36(21-27-39)33-14-8-30(3)9-15-33;1-14-4-7-17(23-11-14)20-10-21(18-8-5-15(2)12-24-18)27-22(26-20)19-9-6-16(3)13-25-19;1-13-4-6-16(7-5-13)21-26-19(17-9-22-14(2)23-10-17)8-20(27-21)18-11-24-15(3)25-12-18;1-13-4-6-16(7-5-13)19-26-17(20-22-9-14(2)10-23-20)8-18(27-19)21-24-11-15(3)12-25-21/h4-27H,1-3H3;4-13H,1-3H3;2*4-12H,1-3H3. The topological polar surface area (TPSA) is 258 Å². The molecule has 20 nitrogen and oxygen atoms in total. The van der Waals surface area contributed by atoms with Gasteiger partial charge in [0.2, 0.25) is 0 Å². The number of benzene rings is 8. The molecule has 0 fully saturated rings. The second-order valence-corrected chi connectivity index (χ2v) is 31.1. The summed E-state index contributed by atoms with van der Waals surface area (Å²) < 4.78 is 0. The molecule has 19 rings (SSSR count). The molecule has 0 atom stereocenters. The molecule has 0 unspecified atom stereocenters. The minimum atomic E-state index is 0.546. The second-order valence-electron chi connectivity index (χ2n) is 31.1. The van der Waals surface area contributed by atoms with Crippen LogP contribution in [0.3, 0.4) is 0 Å². The van der Waals surface area contributed by atoms with Gasteiger partial charge in [0.1, 0.15) is 28.7 Å². The van der Waals surface area contributed by atoms with Crippen LogP contribution in [0.15, 0.2) is 317 Å². The molecule has 0 spiro atoms. The van der Waals surface area contributed by atoms with Crippen molar-refractivity contribution in [2.75, 3.05) is 0 Å². The van der Waals surface area contributed by atoms with Crippen LogP contribution >= 0.6 is 0 Å². The van der Waals surface area contributed by atoms with Gasteiger partial charge in [0.05, 0.1) is 34.2 Å². The lowest BCUT2D eigenvalue weighted by Crippen LogP contribution is -2.00. The van der Waals surface area contributed by atoms with E-state index in [9.17, 15) is 0 Å². The Morgan fingerprint density at radius 3 is 0.603 bits per heavy atom. The first-order chi connectivity index (χ1) is 61.2. The fourth-order valence-electron chi connectivity index (χ4n) is 13.3. The van der Waals surface area contributed by atoms with Crippen LogP contribution in [0, 0.1) is 83.1 Å². The third kappa shape index (κ3) is 21.0. The van der Waals surface area contributed by atoms with Crippen LogP contribution in [0.1, 0.15) is 67.3 Å². The molecule has 0 aliphatic heterocycles. The molecule has 11 aromatic heterocycles. The Hall–Kier alpha value is -16.2. The summed E-state index contributed by atoms with van der Waals surface area (Å²) in [6.45, 7) is 24.1. The van der Waals surface area contributed by atoms with Gasteiger partial charge in [0.25, 0.3) is 0 Å². The fraction of sp³-hybridized carbons (Fsp3) is 0.113. The lowest BCUT2D eigenvalue weighted by atomic mass is 10.0. The fourth-order valence-corrected chi connectivity index (χ4v) is 13.3. The molecule has 0 radical (unpaired) electrons. The van der Waals surface area contributed by atoms with Gasteiger partial charge in [0.15, 0.2) is 46.6 Å². The molecular formula is C106H88N20. The van der Waals surface area contributed by atoms with E-state index in [1.54, 1.807) is 49.6 Å². The molecule has 8 aromatic carbocycles. The van der Waals surface area contributed by atoms with Crippen LogP contribution in [0.2, 0.25) is 0 Å². The molecule has 0 amide bonds. The average molecular weight is 1640 g/mol. The molecule has 0 bridgehead atoms. The molecule has 20 heteroatoms. The predicted octanol–water partition coefficient (Wildman–Crippen LogP) is 23.4. The molecular weight excluding hydrogens is 1550 g/mol. The largest absolute Gasteiger partial charge is 0.254 e. The van der Waals surface area contributed by atoms with Gasteiger partial charge in [-0.2, -0.15) is 0 Å². The van der Waals surface area contributed by atoms with E-state index in [0.29, 0.717) is 58.0 Å². The van der Waals surface area contributed by atoms with Crippen molar-refractivity contribution in [3.63, 3.8) is 0 Å². The van der Waals surface area contributed by atoms with Crippen molar-refractivity contribution in [3.05, 3.63) is 384 Å². The highest BCUT2D eigenvalue weighted by atomic mass is 15.0. The van der Waals surface area contributed by atoms with Crippen LogP contribution < -0.4 is 0 Å². The van der Waals surface area contributed by atoms with Gasteiger partial charge in [0, 0.05) is 107 Å². The Bertz CT molecular complexity index is 5790. The number of nitrogens with zero attached hydrogens (tertiary/aromatic N) is 20. The van der Waals surface area contributed by atoms with Crippen molar-refractivity contribution < 1.29 is 0 Å². The van der Waals surface area contributed by atoms with Crippen LogP contribution in [0.25, 0.3) is 170 Å². The van der Waals surface area contributed by atoms with E-state index in [2.05, 4.69) is 250 Å². The highest BCUT2D eigenvalue weighted by molar-refractivity contribution is 5.77. The quantitative estimate of drug-likeness (QED) is 0.0924. The molecule has 126 heavy (non-hydrogen) atoms. The lowest BCUT2D eigenvalue weighted by Gasteiger charge is -2.10. The van der Waals surface area contributed by atoms with Gasteiger partial charge in [-0.1, -0.05) is 240 Å². The van der Waals surface area contributed by atoms with Gasteiger partial charge in [-0.15, -0.1) is 0 Å². The maximum atomic E-state index is 4.98. The van der Waals surface area contributed by atoms with Crippen molar-refractivity contribution in [2.45, 2.75) is 83.1 Å². The zero-order valence-electron chi connectivity index (χ0n) is 72.0. The molecule has 0 aliphatic carbocycles. The van der Waals surface area contributed by atoms with E-state index in [1.165, 1.54) is 44.5 Å². The summed E-state index contributed by atoms with van der Waals surface area (Å²) in [5.41, 5.74) is 31.4. The van der Waals surface area contributed by atoms with E-state index in [-0.39, 0.29) is 0 Å². The first-order valence-corrected chi connectivity index (χ1v) is 41.3. The van der Waals surface area contributed by atoms with Crippen LogP contribution in [-0.2, 0) is 0 Å². The van der Waals surface area contributed by atoms with Crippen molar-refractivity contribution in [1.82, 2.24) is 99.7 Å². The number of aromatic nitrogens is 20. The van der Waals surface area contributed by atoms with E-state index in [0.717, 1.165) is 135 Å². The normalized spacial score (nSPS) is 10.9. The molecule has 0 aliphatic rings. The predicted molar refractivity (Wildman–Crippen MR) is 500 cm³/mol. The van der Waals surface area contributed by atoms with Gasteiger partial charge in [-0.3, -0.25) is 15.0 Å². The summed E-state index contributed by atoms with van der Waals surface area (Å²) >= 11 is 0. The SMILES string of the molecule is Cc1ccc(-c2cc(-c3ccc(C)cn3)nc(-c3ccc(C)cn3)n2)nc1.Cc1ccc(-c2ccc(-c3nc(-c4ccc(-c5ccc(C)cc5)cc4)nc(-c4ccc(-c5ccc(C)cc5)cc4)n3)cc2)cc1.Cc1ccc(-c2nc(-c3cnc(C)nc3)cc(-c3cnc(C)nc3)n2)cc1.Cc1ccc(-c2nc(-c3ncc(C)cn3)cc(-c3ncc(C)cn3)n2)cc1. The van der Waals surface area contributed by atoms with Crippen molar-refractivity contribution >= 4 is 0 Å². The first kappa shape index (κ1) is 83.4. The zero-order valence-corrected chi connectivity index (χ0v) is 72.0. The minimum Gasteiger partial charge on any atom is -0.254 e. The summed E-state index contributed by atoms with van der Waals surface area (Å²) in [6, 6.07) is 85.0. The van der Waals surface area contributed by atoms with Crippen LogP contribution in [0.4, 0.5) is 0 Å². The molecule has 19 aromatic rings.